The van der Waals surface area contributed by atoms with Crippen molar-refractivity contribution >= 4 is 11.6 Å². The van der Waals surface area contributed by atoms with Crippen molar-refractivity contribution in [2.75, 3.05) is 38.8 Å². The molecular weight excluding hydrogens is 328 g/mol. The SMILES string of the molecule is COc1cccc(OC)c1C(=O)NCC1CCN(c2ccc(C)cc2)C1. The first kappa shape index (κ1) is 18.1. The summed E-state index contributed by atoms with van der Waals surface area (Å²) in [5, 5.41) is 3.05. The zero-order valence-corrected chi connectivity index (χ0v) is 15.6. The van der Waals surface area contributed by atoms with E-state index in [9.17, 15) is 4.79 Å². The number of nitrogens with one attached hydrogen (secondary N) is 1. The van der Waals surface area contributed by atoms with E-state index in [-0.39, 0.29) is 5.91 Å². The van der Waals surface area contributed by atoms with Gasteiger partial charge in [-0.25, -0.2) is 0 Å². The summed E-state index contributed by atoms with van der Waals surface area (Å²) >= 11 is 0. The third kappa shape index (κ3) is 3.93. The summed E-state index contributed by atoms with van der Waals surface area (Å²) in [5.41, 5.74) is 2.96. The van der Waals surface area contributed by atoms with Gasteiger partial charge in [-0.05, 0) is 43.5 Å². The van der Waals surface area contributed by atoms with Gasteiger partial charge < -0.3 is 19.7 Å². The van der Waals surface area contributed by atoms with E-state index in [2.05, 4.69) is 41.4 Å². The molecule has 1 amide bonds. The number of anilines is 1. The molecule has 1 N–H and O–H groups in total. The summed E-state index contributed by atoms with van der Waals surface area (Å²) in [7, 11) is 3.12. The molecule has 5 nitrogen and oxygen atoms in total. The van der Waals surface area contributed by atoms with Gasteiger partial charge in [0.25, 0.3) is 5.91 Å². The average Bonchev–Trinajstić information content (AvgIpc) is 3.15. The van der Waals surface area contributed by atoms with E-state index < -0.39 is 0 Å². The molecule has 1 heterocycles. The highest BCUT2D eigenvalue weighted by atomic mass is 16.5. The molecule has 3 rings (SSSR count). The molecule has 0 bridgehead atoms. The van der Waals surface area contributed by atoms with Crippen molar-refractivity contribution in [1.29, 1.82) is 0 Å². The Hall–Kier alpha value is -2.69. The molecule has 0 aromatic heterocycles. The number of aryl methyl sites for hydroxylation is 1. The number of hydrogen-bond donors (Lipinski definition) is 1. The molecule has 1 unspecified atom stereocenters. The zero-order valence-electron chi connectivity index (χ0n) is 15.6. The van der Waals surface area contributed by atoms with Crippen molar-refractivity contribution in [3.05, 3.63) is 53.6 Å². The Kier molecular flexibility index (Phi) is 5.66. The molecular formula is C21H26N2O3. The second-order valence-electron chi connectivity index (χ2n) is 6.68. The van der Waals surface area contributed by atoms with Gasteiger partial charge in [0.2, 0.25) is 0 Å². The van der Waals surface area contributed by atoms with Crippen molar-refractivity contribution in [3.63, 3.8) is 0 Å². The molecule has 2 aromatic rings. The summed E-state index contributed by atoms with van der Waals surface area (Å²) in [4.78, 5) is 15.0. The maximum atomic E-state index is 12.7. The van der Waals surface area contributed by atoms with Crippen molar-refractivity contribution in [2.45, 2.75) is 13.3 Å². The number of carbonyl (C=O) groups is 1. The highest BCUT2D eigenvalue weighted by Gasteiger charge is 2.24. The Labute approximate surface area is 154 Å². The number of nitrogens with zero attached hydrogens (tertiary/aromatic N) is 1. The van der Waals surface area contributed by atoms with E-state index in [1.165, 1.54) is 11.3 Å². The zero-order chi connectivity index (χ0) is 18.5. The largest absolute Gasteiger partial charge is 0.496 e. The second-order valence-corrected chi connectivity index (χ2v) is 6.68. The van der Waals surface area contributed by atoms with Gasteiger partial charge in [-0.3, -0.25) is 4.79 Å². The maximum Gasteiger partial charge on any atom is 0.258 e. The fourth-order valence-electron chi connectivity index (χ4n) is 3.39. The molecule has 138 valence electrons. The molecule has 1 aliphatic rings. The third-order valence-corrected chi connectivity index (χ3v) is 4.89. The van der Waals surface area contributed by atoms with Gasteiger partial charge in [-0.2, -0.15) is 0 Å². The van der Waals surface area contributed by atoms with Gasteiger partial charge in [-0.1, -0.05) is 23.8 Å². The van der Waals surface area contributed by atoms with Crippen LogP contribution in [0.2, 0.25) is 0 Å². The highest BCUT2D eigenvalue weighted by molar-refractivity contribution is 5.99. The van der Waals surface area contributed by atoms with Gasteiger partial charge >= 0.3 is 0 Å². The lowest BCUT2D eigenvalue weighted by Gasteiger charge is -2.19. The number of amides is 1. The molecule has 1 fully saturated rings. The van der Waals surface area contributed by atoms with Crippen molar-refractivity contribution in [3.8, 4) is 11.5 Å². The van der Waals surface area contributed by atoms with Gasteiger partial charge in [0.05, 0.1) is 14.2 Å². The first-order valence-corrected chi connectivity index (χ1v) is 8.93. The van der Waals surface area contributed by atoms with E-state index in [1.807, 2.05) is 6.07 Å². The van der Waals surface area contributed by atoms with Gasteiger partial charge in [0.15, 0.2) is 0 Å². The summed E-state index contributed by atoms with van der Waals surface area (Å²) < 4.78 is 10.6. The van der Waals surface area contributed by atoms with E-state index in [0.29, 0.717) is 29.5 Å². The smallest absolute Gasteiger partial charge is 0.258 e. The quantitative estimate of drug-likeness (QED) is 0.865. The molecule has 0 spiro atoms. The Morgan fingerprint density at radius 3 is 2.38 bits per heavy atom. The summed E-state index contributed by atoms with van der Waals surface area (Å²) in [6, 6.07) is 14.0. The van der Waals surface area contributed by atoms with Gasteiger partial charge in [0.1, 0.15) is 17.1 Å². The van der Waals surface area contributed by atoms with Crippen LogP contribution in [0.5, 0.6) is 11.5 Å². The predicted molar refractivity (Wildman–Crippen MR) is 103 cm³/mol. The van der Waals surface area contributed by atoms with Crippen LogP contribution in [-0.2, 0) is 0 Å². The van der Waals surface area contributed by atoms with E-state index >= 15 is 0 Å². The molecule has 1 aliphatic heterocycles. The Bertz CT molecular complexity index is 736. The molecule has 1 saturated heterocycles. The lowest BCUT2D eigenvalue weighted by Crippen LogP contribution is -2.31. The first-order valence-electron chi connectivity index (χ1n) is 8.93. The number of methoxy groups -OCH3 is 2. The monoisotopic (exact) mass is 354 g/mol. The van der Waals surface area contributed by atoms with Crippen LogP contribution in [0, 0.1) is 12.8 Å². The number of carbonyl (C=O) groups excluding carboxylic acids is 1. The lowest BCUT2D eigenvalue weighted by molar-refractivity contribution is 0.0942. The van der Waals surface area contributed by atoms with Crippen LogP contribution in [-0.4, -0.2) is 39.8 Å². The Morgan fingerprint density at radius 1 is 1.12 bits per heavy atom. The molecule has 5 heteroatoms. The minimum Gasteiger partial charge on any atom is -0.496 e. The van der Waals surface area contributed by atoms with Crippen LogP contribution in [0.3, 0.4) is 0 Å². The molecule has 1 atom stereocenters. The number of hydrogen-bond acceptors (Lipinski definition) is 4. The predicted octanol–water partition coefficient (Wildman–Crippen LogP) is 3.27. The molecule has 0 radical (unpaired) electrons. The van der Waals surface area contributed by atoms with Crippen molar-refractivity contribution < 1.29 is 14.3 Å². The first-order chi connectivity index (χ1) is 12.6. The standard InChI is InChI=1S/C21H26N2O3/c1-15-7-9-17(10-8-15)23-12-11-16(14-23)13-22-21(24)20-18(25-2)5-4-6-19(20)26-3/h4-10,16H,11-14H2,1-3H3,(H,22,24). The third-order valence-electron chi connectivity index (χ3n) is 4.89. The number of ether oxygens (including phenoxy) is 2. The Morgan fingerprint density at radius 2 is 1.77 bits per heavy atom. The van der Waals surface area contributed by atoms with Crippen LogP contribution in [0.4, 0.5) is 5.69 Å². The van der Waals surface area contributed by atoms with E-state index in [1.54, 1.807) is 26.4 Å². The van der Waals surface area contributed by atoms with Crippen molar-refractivity contribution in [1.82, 2.24) is 5.32 Å². The number of benzene rings is 2. The Balaban J connectivity index is 1.60. The topological polar surface area (TPSA) is 50.8 Å². The fraction of sp³-hybridized carbons (Fsp3) is 0.381. The minimum atomic E-state index is -0.159. The highest BCUT2D eigenvalue weighted by Crippen LogP contribution is 2.28. The van der Waals surface area contributed by atoms with Gasteiger partial charge in [-0.15, -0.1) is 0 Å². The lowest BCUT2D eigenvalue weighted by atomic mass is 10.1. The van der Waals surface area contributed by atoms with Crippen LogP contribution >= 0.6 is 0 Å². The van der Waals surface area contributed by atoms with E-state index in [4.69, 9.17) is 9.47 Å². The summed E-state index contributed by atoms with van der Waals surface area (Å²) in [6.07, 6.45) is 1.07. The molecule has 26 heavy (non-hydrogen) atoms. The minimum absolute atomic E-state index is 0.159. The van der Waals surface area contributed by atoms with E-state index in [0.717, 1.165) is 19.5 Å². The summed E-state index contributed by atoms with van der Waals surface area (Å²) in [6.45, 7) is 4.70. The molecule has 0 aliphatic carbocycles. The normalized spacial score (nSPS) is 16.4. The summed E-state index contributed by atoms with van der Waals surface area (Å²) in [5.74, 6) is 1.32. The van der Waals surface area contributed by atoms with Crippen LogP contribution in [0.15, 0.2) is 42.5 Å². The van der Waals surface area contributed by atoms with Gasteiger partial charge in [0, 0.05) is 25.3 Å². The van der Waals surface area contributed by atoms with Crippen LogP contribution in [0.25, 0.3) is 0 Å². The fourth-order valence-corrected chi connectivity index (χ4v) is 3.39. The van der Waals surface area contributed by atoms with Crippen LogP contribution < -0.4 is 19.7 Å². The maximum absolute atomic E-state index is 12.7. The second kappa shape index (κ2) is 8.13. The number of rotatable bonds is 6. The average molecular weight is 354 g/mol. The molecule has 2 aromatic carbocycles. The van der Waals surface area contributed by atoms with Crippen LogP contribution in [0.1, 0.15) is 22.3 Å². The van der Waals surface area contributed by atoms with Crippen molar-refractivity contribution in [2.24, 2.45) is 5.92 Å². The molecule has 0 saturated carbocycles.